The lowest BCUT2D eigenvalue weighted by molar-refractivity contribution is -0.122. The van der Waals surface area contributed by atoms with Gasteiger partial charge in [-0.05, 0) is 42.7 Å². The zero-order valence-corrected chi connectivity index (χ0v) is 21.7. The standard InChI is InChI=1S/C27H30ClN5O4/c1-4-20(15-34)31-27-29-12-23(28)25(32-27)18-8-9-19-13-33(26(36)22(19)11-18)14-24(35)30-16(2)17-6-5-7-21(10-17)37-3/h5-12,16,20,34H,4,13-15H2,1-3H3,(H,30,35)(H,29,31,32)/t16-,20-/m1/s1. The Balaban J connectivity index is 1.46. The summed E-state index contributed by atoms with van der Waals surface area (Å²) in [4.78, 5) is 36.1. The number of hydrogen-bond acceptors (Lipinski definition) is 7. The molecule has 2 heterocycles. The second-order valence-electron chi connectivity index (χ2n) is 8.92. The third-order valence-corrected chi connectivity index (χ3v) is 6.63. The van der Waals surface area contributed by atoms with E-state index in [1.807, 2.05) is 50.2 Å². The van der Waals surface area contributed by atoms with E-state index in [1.54, 1.807) is 13.2 Å². The van der Waals surface area contributed by atoms with Gasteiger partial charge >= 0.3 is 0 Å². The number of carbonyl (C=O) groups is 2. The van der Waals surface area contributed by atoms with E-state index in [0.717, 1.165) is 11.1 Å². The van der Waals surface area contributed by atoms with Gasteiger partial charge < -0.3 is 25.4 Å². The van der Waals surface area contributed by atoms with E-state index < -0.39 is 0 Å². The van der Waals surface area contributed by atoms with Gasteiger partial charge in [-0.1, -0.05) is 42.8 Å². The molecule has 0 saturated heterocycles. The van der Waals surface area contributed by atoms with Crippen LogP contribution in [0.5, 0.6) is 5.75 Å². The summed E-state index contributed by atoms with van der Waals surface area (Å²) in [5.74, 6) is 0.580. The molecule has 0 bridgehead atoms. The van der Waals surface area contributed by atoms with Gasteiger partial charge in [-0.25, -0.2) is 9.97 Å². The Hall–Kier alpha value is -3.69. The van der Waals surface area contributed by atoms with Crippen LogP contribution in [0.3, 0.4) is 0 Å². The van der Waals surface area contributed by atoms with E-state index in [-0.39, 0.29) is 37.0 Å². The summed E-state index contributed by atoms with van der Waals surface area (Å²) in [5, 5.41) is 15.8. The number of anilines is 1. The first kappa shape index (κ1) is 26.4. The Kier molecular flexibility index (Phi) is 8.25. The largest absolute Gasteiger partial charge is 0.497 e. The van der Waals surface area contributed by atoms with Crippen molar-refractivity contribution in [1.29, 1.82) is 0 Å². The van der Waals surface area contributed by atoms with Crippen LogP contribution in [-0.4, -0.2) is 58.1 Å². The number of ether oxygens (including phenoxy) is 1. The van der Waals surface area contributed by atoms with Gasteiger partial charge in [-0.2, -0.15) is 0 Å². The first-order valence-corrected chi connectivity index (χ1v) is 12.5. The maximum absolute atomic E-state index is 13.2. The van der Waals surface area contributed by atoms with Gasteiger partial charge in [0.1, 0.15) is 12.3 Å². The number of rotatable bonds is 10. The molecule has 194 valence electrons. The highest BCUT2D eigenvalue weighted by molar-refractivity contribution is 6.33. The van der Waals surface area contributed by atoms with Crippen molar-refractivity contribution in [1.82, 2.24) is 20.2 Å². The van der Waals surface area contributed by atoms with Crippen molar-refractivity contribution in [2.45, 2.75) is 38.9 Å². The number of aliphatic hydroxyl groups excluding tert-OH is 1. The van der Waals surface area contributed by atoms with E-state index in [9.17, 15) is 14.7 Å². The quantitative estimate of drug-likeness (QED) is 0.370. The molecule has 10 heteroatoms. The molecule has 37 heavy (non-hydrogen) atoms. The number of halogens is 1. The fourth-order valence-corrected chi connectivity index (χ4v) is 4.39. The molecule has 3 N–H and O–H groups in total. The fourth-order valence-electron chi connectivity index (χ4n) is 4.19. The summed E-state index contributed by atoms with van der Waals surface area (Å²) >= 11 is 6.38. The van der Waals surface area contributed by atoms with Crippen LogP contribution < -0.4 is 15.4 Å². The number of aliphatic hydroxyl groups is 1. The average Bonchev–Trinajstić information content (AvgIpc) is 3.22. The normalized spacial score (nSPS) is 14.2. The minimum Gasteiger partial charge on any atom is -0.497 e. The van der Waals surface area contributed by atoms with E-state index in [2.05, 4.69) is 20.6 Å². The summed E-state index contributed by atoms with van der Waals surface area (Å²) in [5.41, 5.74) is 3.39. The molecule has 0 spiro atoms. The molecule has 9 nitrogen and oxygen atoms in total. The molecule has 1 aliphatic rings. The zero-order valence-electron chi connectivity index (χ0n) is 21.0. The van der Waals surface area contributed by atoms with Crippen LogP contribution in [0.4, 0.5) is 5.95 Å². The number of amides is 2. The zero-order chi connectivity index (χ0) is 26.5. The molecule has 2 atom stereocenters. The highest BCUT2D eigenvalue weighted by atomic mass is 35.5. The fraction of sp³-hybridized carbons (Fsp3) is 0.333. The van der Waals surface area contributed by atoms with Gasteiger partial charge in [0, 0.05) is 17.7 Å². The molecule has 1 aliphatic heterocycles. The van der Waals surface area contributed by atoms with Gasteiger partial charge in [0.05, 0.1) is 42.7 Å². The smallest absolute Gasteiger partial charge is 0.254 e. The Labute approximate surface area is 220 Å². The summed E-state index contributed by atoms with van der Waals surface area (Å²) in [6.45, 7) is 4.07. The maximum Gasteiger partial charge on any atom is 0.254 e. The maximum atomic E-state index is 13.2. The van der Waals surface area contributed by atoms with Crippen LogP contribution in [0.1, 0.15) is 47.8 Å². The predicted octanol–water partition coefficient (Wildman–Crippen LogP) is 3.82. The van der Waals surface area contributed by atoms with E-state index >= 15 is 0 Å². The first-order chi connectivity index (χ1) is 17.8. The summed E-state index contributed by atoms with van der Waals surface area (Å²) in [6.07, 6.45) is 2.19. The van der Waals surface area contributed by atoms with E-state index in [4.69, 9.17) is 16.3 Å². The van der Waals surface area contributed by atoms with Crippen molar-refractivity contribution in [3.8, 4) is 17.0 Å². The van der Waals surface area contributed by atoms with Gasteiger partial charge in [0.2, 0.25) is 11.9 Å². The van der Waals surface area contributed by atoms with Gasteiger partial charge in [-0.3, -0.25) is 9.59 Å². The van der Waals surface area contributed by atoms with Crippen LogP contribution in [0.15, 0.2) is 48.7 Å². The third-order valence-electron chi connectivity index (χ3n) is 6.36. The lowest BCUT2D eigenvalue weighted by Gasteiger charge is -2.19. The van der Waals surface area contributed by atoms with E-state index in [0.29, 0.717) is 46.5 Å². The Morgan fingerprint density at radius 1 is 1.27 bits per heavy atom. The topological polar surface area (TPSA) is 117 Å². The van der Waals surface area contributed by atoms with Crippen molar-refractivity contribution in [2.75, 3.05) is 25.6 Å². The second-order valence-corrected chi connectivity index (χ2v) is 9.33. The Bertz CT molecular complexity index is 1300. The third kappa shape index (κ3) is 6.00. The molecular weight excluding hydrogens is 494 g/mol. The molecule has 1 aromatic heterocycles. The van der Waals surface area contributed by atoms with Crippen molar-refractivity contribution in [3.05, 3.63) is 70.4 Å². The van der Waals surface area contributed by atoms with Crippen LogP contribution in [0.25, 0.3) is 11.3 Å². The number of fused-ring (bicyclic) bond motifs is 1. The number of nitrogens with zero attached hydrogens (tertiary/aromatic N) is 3. The number of aromatic nitrogens is 2. The summed E-state index contributed by atoms with van der Waals surface area (Å²) < 4.78 is 5.25. The molecule has 0 fully saturated rings. The number of methoxy groups -OCH3 is 1. The molecular formula is C27H30ClN5O4. The van der Waals surface area contributed by atoms with Crippen molar-refractivity contribution in [3.63, 3.8) is 0 Å². The van der Waals surface area contributed by atoms with E-state index in [1.165, 1.54) is 11.1 Å². The minimum atomic E-state index is -0.249. The second kappa shape index (κ2) is 11.6. The molecule has 3 aromatic rings. The van der Waals surface area contributed by atoms with Gasteiger partial charge in [0.25, 0.3) is 5.91 Å². The molecule has 0 saturated carbocycles. The van der Waals surface area contributed by atoms with Gasteiger partial charge in [-0.15, -0.1) is 0 Å². The molecule has 0 unspecified atom stereocenters. The van der Waals surface area contributed by atoms with Crippen LogP contribution in [-0.2, 0) is 11.3 Å². The molecule has 0 radical (unpaired) electrons. The lowest BCUT2D eigenvalue weighted by atomic mass is 10.0. The number of nitrogens with one attached hydrogen (secondary N) is 2. The Morgan fingerprint density at radius 3 is 2.81 bits per heavy atom. The monoisotopic (exact) mass is 523 g/mol. The molecule has 0 aliphatic carbocycles. The predicted molar refractivity (Wildman–Crippen MR) is 142 cm³/mol. The molecule has 4 rings (SSSR count). The van der Waals surface area contributed by atoms with Crippen LogP contribution in [0, 0.1) is 0 Å². The van der Waals surface area contributed by atoms with Crippen molar-refractivity contribution < 1.29 is 19.4 Å². The van der Waals surface area contributed by atoms with Crippen LogP contribution >= 0.6 is 11.6 Å². The van der Waals surface area contributed by atoms with Crippen molar-refractivity contribution >= 4 is 29.4 Å². The Morgan fingerprint density at radius 2 is 2.08 bits per heavy atom. The van der Waals surface area contributed by atoms with Crippen LogP contribution in [0.2, 0.25) is 5.02 Å². The number of benzene rings is 2. The number of hydrogen-bond donors (Lipinski definition) is 3. The highest BCUT2D eigenvalue weighted by Crippen LogP contribution is 2.31. The summed E-state index contributed by atoms with van der Waals surface area (Å²) in [6, 6.07) is 12.5. The number of carbonyl (C=O) groups excluding carboxylic acids is 2. The molecule has 2 aromatic carbocycles. The highest BCUT2D eigenvalue weighted by Gasteiger charge is 2.30. The molecule has 2 amide bonds. The first-order valence-electron chi connectivity index (χ1n) is 12.1. The SMILES string of the molecule is CC[C@H](CO)Nc1ncc(Cl)c(-c2ccc3c(c2)C(=O)N(CC(=O)N[C@H](C)c2cccc(OC)c2)C3)n1. The minimum absolute atomic E-state index is 0.0487. The average molecular weight is 524 g/mol. The summed E-state index contributed by atoms with van der Waals surface area (Å²) in [7, 11) is 1.60. The lowest BCUT2D eigenvalue weighted by Crippen LogP contribution is -2.38. The van der Waals surface area contributed by atoms with Crippen molar-refractivity contribution in [2.24, 2.45) is 0 Å². The van der Waals surface area contributed by atoms with Gasteiger partial charge in [0.15, 0.2) is 0 Å².